The van der Waals surface area contributed by atoms with E-state index in [0.29, 0.717) is 24.0 Å². The van der Waals surface area contributed by atoms with Crippen LogP contribution in [0, 0.1) is 0 Å². The highest BCUT2D eigenvalue weighted by atomic mass is 16.5. The molecule has 0 bridgehead atoms. The zero-order valence-corrected chi connectivity index (χ0v) is 17.2. The number of rotatable bonds is 6. The summed E-state index contributed by atoms with van der Waals surface area (Å²) in [5.74, 6) is 3.15. The second-order valence-electron chi connectivity index (χ2n) is 7.52. The number of aromatic nitrogens is 3. The predicted octanol–water partition coefficient (Wildman–Crippen LogP) is 2.90. The normalized spacial score (nSPS) is 22.5. The Balaban J connectivity index is 1.71. The van der Waals surface area contributed by atoms with Gasteiger partial charge in [-0.15, -0.1) is 0 Å². The molecule has 1 aromatic heterocycles. The Bertz CT molecular complexity index is 876. The maximum Gasteiger partial charge on any atom is 0.246 e. The average molecular weight is 400 g/mol. The molecule has 29 heavy (non-hydrogen) atoms. The van der Waals surface area contributed by atoms with Crippen LogP contribution >= 0.6 is 0 Å². The van der Waals surface area contributed by atoms with Crippen molar-refractivity contribution in [3.63, 3.8) is 0 Å². The largest absolute Gasteiger partial charge is 0.493 e. The van der Waals surface area contributed by atoms with Crippen molar-refractivity contribution in [3.05, 3.63) is 35.4 Å². The molecule has 156 valence electrons. The Morgan fingerprint density at radius 1 is 1.21 bits per heavy atom. The van der Waals surface area contributed by atoms with E-state index < -0.39 is 6.10 Å². The third-order valence-electron chi connectivity index (χ3n) is 5.77. The van der Waals surface area contributed by atoms with E-state index in [4.69, 9.17) is 24.3 Å². The molecule has 1 aliphatic heterocycles. The van der Waals surface area contributed by atoms with Crippen LogP contribution in [-0.4, -0.2) is 41.5 Å². The summed E-state index contributed by atoms with van der Waals surface area (Å²) in [6, 6.07) is 5.23. The van der Waals surface area contributed by atoms with Gasteiger partial charge in [-0.2, -0.15) is 5.10 Å². The fourth-order valence-corrected chi connectivity index (χ4v) is 4.25. The number of nitrogens with one attached hydrogen (secondary N) is 1. The first-order valence-electron chi connectivity index (χ1n) is 10.2. The van der Waals surface area contributed by atoms with Gasteiger partial charge in [-0.3, -0.25) is 4.79 Å². The summed E-state index contributed by atoms with van der Waals surface area (Å²) >= 11 is 0. The van der Waals surface area contributed by atoms with Crippen LogP contribution in [0.1, 0.15) is 67.9 Å². The van der Waals surface area contributed by atoms with E-state index in [2.05, 4.69) is 5.32 Å². The summed E-state index contributed by atoms with van der Waals surface area (Å²) in [7, 11) is 3.19. The van der Waals surface area contributed by atoms with Crippen LogP contribution in [0.25, 0.3) is 0 Å². The van der Waals surface area contributed by atoms with Crippen molar-refractivity contribution >= 4 is 5.91 Å². The first-order chi connectivity index (χ1) is 14.1. The summed E-state index contributed by atoms with van der Waals surface area (Å²) in [4.78, 5) is 17.0. The molecule has 2 heterocycles. The standard InChI is InChI=1S/C21H28N4O4/c1-4-25-21(23-20(24-25)13-7-5-6-8-13)19-18(22-17(26)12-29-19)14-9-10-15(27-2)16(11-14)28-3/h9-11,13,18-19H,4-8,12H2,1-3H3,(H,22,26)/t18-,19+/m1/s1. The second-order valence-corrected chi connectivity index (χ2v) is 7.52. The lowest BCUT2D eigenvalue weighted by Gasteiger charge is -2.32. The van der Waals surface area contributed by atoms with Crippen molar-refractivity contribution in [3.8, 4) is 11.5 Å². The molecule has 1 aliphatic carbocycles. The molecule has 2 fully saturated rings. The van der Waals surface area contributed by atoms with Gasteiger partial charge in [0.05, 0.1) is 20.3 Å². The number of aryl methyl sites for hydroxylation is 1. The minimum absolute atomic E-state index is 0.00376. The second kappa shape index (κ2) is 8.41. The molecule has 2 aromatic rings. The number of nitrogens with zero attached hydrogens (tertiary/aromatic N) is 3. The van der Waals surface area contributed by atoms with Crippen LogP contribution < -0.4 is 14.8 Å². The van der Waals surface area contributed by atoms with E-state index >= 15 is 0 Å². The van der Waals surface area contributed by atoms with Gasteiger partial charge in [-0.1, -0.05) is 18.9 Å². The molecule has 8 nitrogen and oxygen atoms in total. The van der Waals surface area contributed by atoms with Gasteiger partial charge in [0.1, 0.15) is 12.7 Å². The lowest BCUT2D eigenvalue weighted by atomic mass is 9.98. The van der Waals surface area contributed by atoms with Crippen molar-refractivity contribution in [1.29, 1.82) is 0 Å². The summed E-state index contributed by atoms with van der Waals surface area (Å²) in [6.45, 7) is 2.74. The van der Waals surface area contributed by atoms with E-state index in [1.807, 2.05) is 29.8 Å². The fraction of sp³-hybridized carbons (Fsp3) is 0.571. The Morgan fingerprint density at radius 2 is 1.97 bits per heavy atom. The Morgan fingerprint density at radius 3 is 2.66 bits per heavy atom. The number of amides is 1. The lowest BCUT2D eigenvalue weighted by Crippen LogP contribution is -2.42. The highest BCUT2D eigenvalue weighted by Gasteiger charge is 2.37. The molecule has 1 amide bonds. The quantitative estimate of drug-likeness (QED) is 0.802. The number of hydrogen-bond donors (Lipinski definition) is 1. The van der Waals surface area contributed by atoms with E-state index in [0.717, 1.165) is 30.1 Å². The van der Waals surface area contributed by atoms with E-state index in [-0.39, 0.29) is 18.6 Å². The number of methoxy groups -OCH3 is 2. The van der Waals surface area contributed by atoms with Crippen molar-refractivity contribution in [1.82, 2.24) is 20.1 Å². The molecule has 0 unspecified atom stereocenters. The van der Waals surface area contributed by atoms with Crippen LogP contribution in [0.2, 0.25) is 0 Å². The van der Waals surface area contributed by atoms with Crippen LogP contribution in [-0.2, 0) is 16.1 Å². The highest BCUT2D eigenvalue weighted by Crippen LogP contribution is 2.39. The molecule has 8 heteroatoms. The topological polar surface area (TPSA) is 87.5 Å². The summed E-state index contributed by atoms with van der Waals surface area (Å²) in [5, 5.41) is 7.82. The van der Waals surface area contributed by atoms with Crippen molar-refractivity contribution in [2.75, 3.05) is 20.8 Å². The lowest BCUT2D eigenvalue weighted by molar-refractivity contribution is -0.138. The van der Waals surface area contributed by atoms with Crippen molar-refractivity contribution in [2.45, 2.75) is 57.2 Å². The van der Waals surface area contributed by atoms with Gasteiger partial charge in [0.15, 0.2) is 23.1 Å². The number of hydrogen-bond acceptors (Lipinski definition) is 6. The average Bonchev–Trinajstić information content (AvgIpc) is 3.42. The molecule has 1 saturated heterocycles. The van der Waals surface area contributed by atoms with Gasteiger partial charge < -0.3 is 19.5 Å². The first kappa shape index (κ1) is 19.7. The molecule has 4 rings (SSSR count). The number of carbonyl (C=O) groups is 1. The molecule has 1 aromatic carbocycles. The maximum atomic E-state index is 12.1. The summed E-state index contributed by atoms with van der Waals surface area (Å²) < 4.78 is 18.7. The van der Waals surface area contributed by atoms with Crippen LogP contribution in [0.15, 0.2) is 18.2 Å². The number of morpholine rings is 1. The molecule has 2 atom stereocenters. The van der Waals surface area contributed by atoms with E-state index in [1.165, 1.54) is 12.8 Å². The number of carbonyl (C=O) groups excluding carboxylic acids is 1. The van der Waals surface area contributed by atoms with Gasteiger partial charge in [-0.25, -0.2) is 9.67 Å². The third-order valence-corrected chi connectivity index (χ3v) is 5.77. The smallest absolute Gasteiger partial charge is 0.246 e. The predicted molar refractivity (Wildman–Crippen MR) is 106 cm³/mol. The van der Waals surface area contributed by atoms with Gasteiger partial charge in [0, 0.05) is 12.5 Å². The molecular formula is C21H28N4O4. The SMILES string of the molecule is CCn1nc(C2CCCC2)nc1[C@H]1OCC(=O)N[C@@H]1c1ccc(OC)c(OC)c1. The highest BCUT2D eigenvalue weighted by molar-refractivity contribution is 5.78. The Kier molecular flexibility index (Phi) is 5.71. The van der Waals surface area contributed by atoms with Gasteiger partial charge in [-0.05, 0) is 37.5 Å². The molecule has 1 saturated carbocycles. The minimum Gasteiger partial charge on any atom is -0.493 e. The fourth-order valence-electron chi connectivity index (χ4n) is 4.25. The van der Waals surface area contributed by atoms with Crippen molar-refractivity contribution < 1.29 is 19.0 Å². The van der Waals surface area contributed by atoms with E-state index in [1.54, 1.807) is 14.2 Å². The summed E-state index contributed by atoms with van der Waals surface area (Å²) in [5.41, 5.74) is 0.869. The Hall–Kier alpha value is -2.61. The van der Waals surface area contributed by atoms with Gasteiger partial charge in [0.25, 0.3) is 0 Å². The van der Waals surface area contributed by atoms with Gasteiger partial charge in [0.2, 0.25) is 5.91 Å². The number of ether oxygens (including phenoxy) is 3. The van der Waals surface area contributed by atoms with E-state index in [9.17, 15) is 4.79 Å². The molecule has 2 aliphatic rings. The van der Waals surface area contributed by atoms with Crippen molar-refractivity contribution in [2.24, 2.45) is 0 Å². The molecule has 0 spiro atoms. The van der Waals surface area contributed by atoms with Crippen LogP contribution in [0.5, 0.6) is 11.5 Å². The first-order valence-corrected chi connectivity index (χ1v) is 10.2. The monoisotopic (exact) mass is 400 g/mol. The molecule has 0 radical (unpaired) electrons. The zero-order chi connectivity index (χ0) is 20.4. The molecule has 1 N–H and O–H groups in total. The zero-order valence-electron chi connectivity index (χ0n) is 17.2. The van der Waals surface area contributed by atoms with Crippen LogP contribution in [0.3, 0.4) is 0 Å². The minimum atomic E-state index is -0.423. The van der Waals surface area contributed by atoms with Gasteiger partial charge >= 0.3 is 0 Å². The third kappa shape index (κ3) is 3.81. The van der Waals surface area contributed by atoms with Crippen LogP contribution in [0.4, 0.5) is 0 Å². The Labute approximate surface area is 170 Å². The maximum absolute atomic E-state index is 12.1. The number of benzene rings is 1. The summed E-state index contributed by atoms with van der Waals surface area (Å²) in [6.07, 6.45) is 4.30. The molecular weight excluding hydrogens is 372 g/mol.